The van der Waals surface area contributed by atoms with Crippen LogP contribution in [0.15, 0.2) is 54.6 Å². The van der Waals surface area contributed by atoms with Gasteiger partial charge >= 0.3 is 6.18 Å². The molecule has 0 amide bonds. The largest absolute Gasteiger partial charge is 0.416 e. The van der Waals surface area contributed by atoms with E-state index in [9.17, 15) is 21.6 Å². The van der Waals surface area contributed by atoms with Crippen molar-refractivity contribution in [1.82, 2.24) is 4.31 Å². The van der Waals surface area contributed by atoms with Gasteiger partial charge in [-0.15, -0.1) is 0 Å². The third-order valence-electron chi connectivity index (χ3n) is 4.22. The van der Waals surface area contributed by atoms with Crippen LogP contribution in [0.2, 0.25) is 0 Å². The molecule has 0 aromatic heterocycles. The van der Waals surface area contributed by atoms with Gasteiger partial charge in [-0.25, -0.2) is 8.42 Å². The van der Waals surface area contributed by atoms with Crippen LogP contribution >= 0.6 is 0 Å². The first-order chi connectivity index (χ1) is 12.3. The Kier molecular flexibility index (Phi) is 5.36. The van der Waals surface area contributed by atoms with Gasteiger partial charge in [0.15, 0.2) is 0 Å². The second-order valence-corrected chi connectivity index (χ2v) is 8.05. The molecule has 1 aliphatic rings. The van der Waals surface area contributed by atoms with E-state index < -0.39 is 27.9 Å². The minimum atomic E-state index is -4.41. The molecular weight excluding hydrogens is 367 g/mol. The maximum Gasteiger partial charge on any atom is 0.416 e. The summed E-state index contributed by atoms with van der Waals surface area (Å²) in [6, 6.07) is 13.5. The van der Waals surface area contributed by atoms with Crippen molar-refractivity contribution in [2.75, 3.05) is 19.7 Å². The second kappa shape index (κ2) is 7.38. The maximum absolute atomic E-state index is 12.7. The van der Waals surface area contributed by atoms with Crippen molar-refractivity contribution in [3.05, 3.63) is 71.3 Å². The summed E-state index contributed by atoms with van der Waals surface area (Å²) in [5.41, 5.74) is 0.466. The standard InChI is InChI=1S/C18H18F3NO3S/c19-18(20,21)16-8-6-15(7-9-16)17-12-22(10-11-25-17)26(23,24)13-14-4-2-1-3-5-14/h1-9,17H,10-13H2. The van der Waals surface area contributed by atoms with Crippen LogP contribution in [0.25, 0.3) is 0 Å². The molecule has 0 radical (unpaired) electrons. The first kappa shape index (κ1) is 18.9. The van der Waals surface area contributed by atoms with Gasteiger partial charge in [-0.1, -0.05) is 42.5 Å². The Hall–Kier alpha value is -1.90. The third-order valence-corrected chi connectivity index (χ3v) is 6.04. The molecule has 3 rings (SSSR count). The number of hydrogen-bond donors (Lipinski definition) is 0. The summed E-state index contributed by atoms with van der Waals surface area (Å²) in [5.74, 6) is -0.117. The molecule has 2 aromatic rings. The number of benzene rings is 2. The average molecular weight is 385 g/mol. The molecule has 1 unspecified atom stereocenters. The zero-order chi connectivity index (χ0) is 18.8. The molecule has 1 heterocycles. The van der Waals surface area contributed by atoms with Crippen LogP contribution in [-0.2, 0) is 26.7 Å². The monoisotopic (exact) mass is 385 g/mol. The van der Waals surface area contributed by atoms with Gasteiger partial charge in [-0.05, 0) is 23.3 Å². The summed E-state index contributed by atoms with van der Waals surface area (Å²) < 4.78 is 70.2. The highest BCUT2D eigenvalue weighted by atomic mass is 32.2. The van der Waals surface area contributed by atoms with Gasteiger partial charge in [0.05, 0.1) is 24.0 Å². The number of rotatable bonds is 4. The minimum Gasteiger partial charge on any atom is -0.371 e. The molecule has 1 aliphatic heterocycles. The smallest absolute Gasteiger partial charge is 0.371 e. The fourth-order valence-corrected chi connectivity index (χ4v) is 4.35. The Morgan fingerprint density at radius 2 is 1.69 bits per heavy atom. The van der Waals surface area contributed by atoms with Crippen LogP contribution in [0.3, 0.4) is 0 Å². The lowest BCUT2D eigenvalue weighted by Crippen LogP contribution is -2.42. The number of alkyl halides is 3. The van der Waals surface area contributed by atoms with E-state index in [0.29, 0.717) is 11.1 Å². The quantitative estimate of drug-likeness (QED) is 0.808. The molecule has 1 atom stereocenters. The molecule has 0 saturated carbocycles. The zero-order valence-corrected chi connectivity index (χ0v) is 14.6. The minimum absolute atomic E-state index is 0.0839. The number of hydrogen-bond acceptors (Lipinski definition) is 3. The predicted octanol–water partition coefficient (Wildman–Crippen LogP) is 3.61. The van der Waals surface area contributed by atoms with Gasteiger partial charge in [0.1, 0.15) is 0 Å². The highest BCUT2D eigenvalue weighted by molar-refractivity contribution is 7.88. The lowest BCUT2D eigenvalue weighted by Gasteiger charge is -2.32. The van der Waals surface area contributed by atoms with E-state index in [-0.39, 0.29) is 25.4 Å². The first-order valence-corrected chi connectivity index (χ1v) is 9.67. The summed E-state index contributed by atoms with van der Waals surface area (Å²) in [6.07, 6.45) is -4.99. The normalized spacial score (nSPS) is 19.4. The molecule has 0 spiro atoms. The molecule has 4 nitrogen and oxygen atoms in total. The molecule has 0 bridgehead atoms. The van der Waals surface area contributed by atoms with E-state index in [1.54, 1.807) is 24.3 Å². The number of halogens is 3. The summed E-state index contributed by atoms with van der Waals surface area (Å²) in [4.78, 5) is 0. The summed E-state index contributed by atoms with van der Waals surface area (Å²) in [7, 11) is -3.54. The van der Waals surface area contributed by atoms with Gasteiger partial charge in [-0.2, -0.15) is 17.5 Å². The van der Waals surface area contributed by atoms with Crippen molar-refractivity contribution in [3.8, 4) is 0 Å². The third kappa shape index (κ3) is 4.44. The van der Waals surface area contributed by atoms with Gasteiger partial charge in [0.25, 0.3) is 0 Å². The average Bonchev–Trinajstić information content (AvgIpc) is 2.62. The summed E-state index contributed by atoms with van der Waals surface area (Å²) in [6.45, 7) is 0.506. The van der Waals surface area contributed by atoms with Crippen molar-refractivity contribution >= 4 is 10.0 Å². The molecule has 1 saturated heterocycles. The first-order valence-electron chi connectivity index (χ1n) is 8.06. The van der Waals surface area contributed by atoms with E-state index in [0.717, 1.165) is 12.1 Å². The van der Waals surface area contributed by atoms with Crippen LogP contribution in [0.4, 0.5) is 13.2 Å². The highest BCUT2D eigenvalue weighted by Crippen LogP contribution is 2.31. The molecule has 0 aliphatic carbocycles. The zero-order valence-electron chi connectivity index (χ0n) is 13.8. The van der Waals surface area contributed by atoms with Gasteiger partial charge < -0.3 is 4.74 Å². The molecular formula is C18H18F3NO3S. The van der Waals surface area contributed by atoms with Crippen LogP contribution in [0.5, 0.6) is 0 Å². The fourth-order valence-electron chi connectivity index (χ4n) is 2.84. The lowest BCUT2D eigenvalue weighted by molar-refractivity contribution is -0.137. The van der Waals surface area contributed by atoms with Crippen LogP contribution in [-0.4, -0.2) is 32.4 Å². The number of sulfonamides is 1. The van der Waals surface area contributed by atoms with Crippen molar-refractivity contribution in [2.45, 2.75) is 18.0 Å². The predicted molar refractivity (Wildman–Crippen MR) is 90.8 cm³/mol. The van der Waals surface area contributed by atoms with Gasteiger partial charge in [0.2, 0.25) is 10.0 Å². The topological polar surface area (TPSA) is 46.6 Å². The Bertz CT molecular complexity index is 836. The van der Waals surface area contributed by atoms with E-state index in [4.69, 9.17) is 4.74 Å². The highest BCUT2D eigenvalue weighted by Gasteiger charge is 2.32. The number of nitrogens with zero attached hydrogens (tertiary/aromatic N) is 1. The molecule has 2 aromatic carbocycles. The number of ether oxygens (including phenoxy) is 1. The Balaban J connectivity index is 1.72. The van der Waals surface area contributed by atoms with Crippen molar-refractivity contribution in [1.29, 1.82) is 0 Å². The van der Waals surface area contributed by atoms with Crippen LogP contribution < -0.4 is 0 Å². The summed E-state index contributed by atoms with van der Waals surface area (Å²) >= 11 is 0. The van der Waals surface area contributed by atoms with Gasteiger partial charge in [0, 0.05) is 13.1 Å². The van der Waals surface area contributed by atoms with Crippen molar-refractivity contribution < 1.29 is 26.3 Å². The van der Waals surface area contributed by atoms with E-state index in [1.165, 1.54) is 16.4 Å². The lowest BCUT2D eigenvalue weighted by atomic mass is 10.1. The van der Waals surface area contributed by atoms with Crippen molar-refractivity contribution in [3.63, 3.8) is 0 Å². The Morgan fingerprint density at radius 3 is 2.31 bits per heavy atom. The van der Waals surface area contributed by atoms with Crippen LogP contribution in [0.1, 0.15) is 22.8 Å². The molecule has 0 N–H and O–H groups in total. The number of morpholine rings is 1. The fraction of sp³-hybridized carbons (Fsp3) is 0.333. The Morgan fingerprint density at radius 1 is 1.04 bits per heavy atom. The van der Waals surface area contributed by atoms with Crippen molar-refractivity contribution in [2.24, 2.45) is 0 Å². The van der Waals surface area contributed by atoms with E-state index >= 15 is 0 Å². The SMILES string of the molecule is O=S(=O)(Cc1ccccc1)N1CCOC(c2ccc(C(F)(F)F)cc2)C1. The second-order valence-electron chi connectivity index (χ2n) is 6.08. The van der Waals surface area contributed by atoms with Gasteiger partial charge in [-0.3, -0.25) is 0 Å². The molecule has 26 heavy (non-hydrogen) atoms. The molecule has 140 valence electrons. The summed E-state index contributed by atoms with van der Waals surface area (Å²) in [5, 5.41) is 0. The Labute approximate surface area is 150 Å². The van der Waals surface area contributed by atoms with E-state index in [2.05, 4.69) is 0 Å². The molecule has 1 fully saturated rings. The maximum atomic E-state index is 12.7. The molecule has 8 heteroatoms. The van der Waals surface area contributed by atoms with E-state index in [1.807, 2.05) is 6.07 Å². The van der Waals surface area contributed by atoms with Crippen LogP contribution in [0, 0.1) is 0 Å².